The maximum atomic E-state index is 12.6. The van der Waals surface area contributed by atoms with Crippen LogP contribution in [0.3, 0.4) is 0 Å². The van der Waals surface area contributed by atoms with Gasteiger partial charge in [0.05, 0.1) is 26.3 Å². The van der Waals surface area contributed by atoms with Crippen LogP contribution in [0, 0.1) is 0 Å². The number of nitrogens with one attached hydrogen (secondary N) is 1. The number of amides is 1. The first-order valence-electron chi connectivity index (χ1n) is 8.55. The fourth-order valence-corrected chi connectivity index (χ4v) is 2.66. The zero-order chi connectivity index (χ0) is 20.7. The van der Waals surface area contributed by atoms with E-state index in [1.54, 1.807) is 31.2 Å². The van der Waals surface area contributed by atoms with Crippen molar-refractivity contribution in [3.8, 4) is 11.5 Å². The number of methoxy groups -OCH3 is 2. The summed E-state index contributed by atoms with van der Waals surface area (Å²) in [7, 11) is 4.82. The Morgan fingerprint density at radius 2 is 1.61 bits per heavy atom. The van der Waals surface area contributed by atoms with Gasteiger partial charge in [-0.2, -0.15) is 13.2 Å². The summed E-state index contributed by atoms with van der Waals surface area (Å²) in [5.74, 6) is 0.992. The number of carbonyl (C=O) groups excluding carboxylic acids is 1. The molecule has 0 radical (unpaired) electrons. The Labute approximate surface area is 162 Å². The Kier molecular flexibility index (Phi) is 7.28. The molecule has 152 valence electrons. The largest absolute Gasteiger partial charge is 0.493 e. The Balaban J connectivity index is 1.84. The lowest BCUT2D eigenvalue weighted by Gasteiger charge is -2.17. The van der Waals surface area contributed by atoms with E-state index in [4.69, 9.17) is 9.47 Å². The van der Waals surface area contributed by atoms with E-state index in [1.165, 1.54) is 19.2 Å². The van der Waals surface area contributed by atoms with Crippen molar-refractivity contribution in [2.75, 3.05) is 27.8 Å². The normalized spacial score (nSPS) is 11.4. The average Bonchev–Trinajstić information content (AvgIpc) is 2.65. The number of benzene rings is 2. The topological polar surface area (TPSA) is 50.8 Å². The summed E-state index contributed by atoms with van der Waals surface area (Å²) in [6.07, 6.45) is -4.35. The second kappa shape index (κ2) is 9.45. The van der Waals surface area contributed by atoms with Gasteiger partial charge in [-0.25, -0.2) is 0 Å². The lowest BCUT2D eigenvalue weighted by molar-refractivity contribution is -0.137. The van der Waals surface area contributed by atoms with Crippen molar-refractivity contribution in [1.82, 2.24) is 10.2 Å². The third-order valence-electron chi connectivity index (χ3n) is 4.08. The fraction of sp³-hybridized carbons (Fsp3) is 0.350. The minimum absolute atomic E-state index is 0.119. The van der Waals surface area contributed by atoms with E-state index in [1.807, 2.05) is 6.07 Å². The van der Waals surface area contributed by atoms with Crippen LogP contribution in [0.4, 0.5) is 13.2 Å². The summed E-state index contributed by atoms with van der Waals surface area (Å²) in [5, 5.41) is 2.81. The van der Waals surface area contributed by atoms with Crippen LogP contribution >= 0.6 is 0 Å². The third kappa shape index (κ3) is 6.16. The number of likely N-dealkylation sites (N-methyl/N-ethyl adjacent to an activating group) is 1. The number of ether oxygens (including phenoxy) is 2. The van der Waals surface area contributed by atoms with Gasteiger partial charge in [0.1, 0.15) is 0 Å². The third-order valence-corrected chi connectivity index (χ3v) is 4.08. The number of nitrogens with zero attached hydrogens (tertiary/aromatic N) is 1. The first-order chi connectivity index (χ1) is 13.2. The maximum absolute atomic E-state index is 12.6. The summed E-state index contributed by atoms with van der Waals surface area (Å²) in [6.45, 7) is 0.809. The Morgan fingerprint density at radius 1 is 1.00 bits per heavy atom. The molecule has 0 saturated heterocycles. The molecule has 0 fully saturated rings. The van der Waals surface area contributed by atoms with E-state index >= 15 is 0 Å². The minimum atomic E-state index is -4.35. The van der Waals surface area contributed by atoms with Crippen LogP contribution in [-0.2, 0) is 24.1 Å². The molecular weight excluding hydrogens is 373 g/mol. The van der Waals surface area contributed by atoms with Crippen molar-refractivity contribution in [3.05, 3.63) is 59.2 Å². The van der Waals surface area contributed by atoms with Crippen molar-refractivity contribution >= 4 is 5.91 Å². The highest BCUT2D eigenvalue weighted by Gasteiger charge is 2.29. The van der Waals surface area contributed by atoms with Gasteiger partial charge in [0.2, 0.25) is 5.91 Å². The zero-order valence-electron chi connectivity index (χ0n) is 16.0. The quantitative estimate of drug-likeness (QED) is 0.743. The number of alkyl halides is 3. The first-order valence-corrected chi connectivity index (χ1v) is 8.55. The van der Waals surface area contributed by atoms with Crippen molar-refractivity contribution in [2.24, 2.45) is 0 Å². The molecule has 2 aromatic carbocycles. The number of hydrogen-bond donors (Lipinski definition) is 1. The Bertz CT molecular complexity index is 792. The van der Waals surface area contributed by atoms with Gasteiger partial charge in [-0.15, -0.1) is 0 Å². The maximum Gasteiger partial charge on any atom is 0.416 e. The molecule has 8 heteroatoms. The van der Waals surface area contributed by atoms with Gasteiger partial charge >= 0.3 is 6.18 Å². The van der Waals surface area contributed by atoms with Crippen LogP contribution in [0.2, 0.25) is 0 Å². The molecular formula is C20H23F3N2O3. The molecule has 1 amide bonds. The Hall–Kier alpha value is -2.74. The number of hydrogen-bond acceptors (Lipinski definition) is 4. The predicted octanol–water partition coefficient (Wildman–Crippen LogP) is 3.47. The smallest absolute Gasteiger partial charge is 0.416 e. The van der Waals surface area contributed by atoms with Crippen LogP contribution in [0.15, 0.2) is 42.5 Å². The van der Waals surface area contributed by atoms with Crippen LogP contribution in [0.25, 0.3) is 0 Å². The summed E-state index contributed by atoms with van der Waals surface area (Å²) in [6, 6.07) is 10.3. The lowest BCUT2D eigenvalue weighted by atomic mass is 10.1. The summed E-state index contributed by atoms with van der Waals surface area (Å²) in [4.78, 5) is 13.9. The zero-order valence-corrected chi connectivity index (χ0v) is 16.0. The molecule has 0 saturated carbocycles. The van der Waals surface area contributed by atoms with Crippen molar-refractivity contribution < 1.29 is 27.4 Å². The van der Waals surface area contributed by atoms with Gasteiger partial charge in [-0.3, -0.25) is 9.69 Å². The van der Waals surface area contributed by atoms with Crippen LogP contribution in [0.1, 0.15) is 16.7 Å². The second-order valence-corrected chi connectivity index (χ2v) is 6.33. The Morgan fingerprint density at radius 3 is 2.18 bits per heavy atom. The minimum Gasteiger partial charge on any atom is -0.493 e. The van der Waals surface area contributed by atoms with E-state index in [-0.39, 0.29) is 12.5 Å². The standard InChI is InChI=1S/C20H23F3N2O3/c1-25(12-14-4-7-16(8-5-14)20(21,22)23)13-19(26)24-11-15-6-9-17(27-2)18(10-15)28-3/h4-10H,11-13H2,1-3H3,(H,24,26). The molecule has 0 aromatic heterocycles. The van der Waals surface area contributed by atoms with E-state index < -0.39 is 11.7 Å². The van der Waals surface area contributed by atoms with Crippen molar-refractivity contribution in [3.63, 3.8) is 0 Å². The second-order valence-electron chi connectivity index (χ2n) is 6.33. The lowest BCUT2D eigenvalue weighted by Crippen LogP contribution is -2.34. The van der Waals surface area contributed by atoms with Gasteiger partial charge in [0.25, 0.3) is 0 Å². The van der Waals surface area contributed by atoms with E-state index in [0.29, 0.717) is 30.2 Å². The average molecular weight is 396 g/mol. The fourth-order valence-electron chi connectivity index (χ4n) is 2.66. The SMILES string of the molecule is COc1ccc(CNC(=O)CN(C)Cc2ccc(C(F)(F)F)cc2)cc1OC. The van der Waals surface area contributed by atoms with Crippen molar-refractivity contribution in [1.29, 1.82) is 0 Å². The molecule has 0 spiro atoms. The highest BCUT2D eigenvalue weighted by Crippen LogP contribution is 2.29. The van der Waals surface area contributed by atoms with Gasteiger partial charge in [0, 0.05) is 13.1 Å². The molecule has 1 N–H and O–H groups in total. The molecule has 5 nitrogen and oxygen atoms in total. The van der Waals surface area contributed by atoms with Gasteiger partial charge in [-0.1, -0.05) is 18.2 Å². The number of rotatable bonds is 8. The molecule has 0 unspecified atom stereocenters. The summed E-state index contributed by atoms with van der Waals surface area (Å²) >= 11 is 0. The van der Waals surface area contributed by atoms with Crippen LogP contribution in [-0.4, -0.2) is 38.6 Å². The molecule has 0 aliphatic carbocycles. The van der Waals surface area contributed by atoms with Crippen molar-refractivity contribution in [2.45, 2.75) is 19.3 Å². The van der Waals surface area contributed by atoms with Crippen LogP contribution in [0.5, 0.6) is 11.5 Å². The monoisotopic (exact) mass is 396 g/mol. The predicted molar refractivity (Wildman–Crippen MR) is 99.2 cm³/mol. The molecule has 0 heterocycles. The molecule has 0 aliphatic heterocycles. The number of carbonyl (C=O) groups is 1. The van der Waals surface area contributed by atoms with Gasteiger partial charge < -0.3 is 14.8 Å². The highest BCUT2D eigenvalue weighted by atomic mass is 19.4. The van der Waals surface area contributed by atoms with E-state index in [9.17, 15) is 18.0 Å². The first kappa shape index (κ1) is 21.6. The molecule has 0 atom stereocenters. The molecule has 2 rings (SSSR count). The number of halogens is 3. The van der Waals surface area contributed by atoms with Crippen LogP contribution < -0.4 is 14.8 Å². The summed E-state index contributed by atoms with van der Waals surface area (Å²) < 4.78 is 48.2. The molecule has 0 bridgehead atoms. The van der Waals surface area contributed by atoms with E-state index in [2.05, 4.69) is 5.32 Å². The van der Waals surface area contributed by atoms with Gasteiger partial charge in [-0.05, 0) is 42.4 Å². The van der Waals surface area contributed by atoms with Gasteiger partial charge in [0.15, 0.2) is 11.5 Å². The van der Waals surface area contributed by atoms with E-state index in [0.717, 1.165) is 17.7 Å². The molecule has 0 aliphatic rings. The summed E-state index contributed by atoms with van der Waals surface area (Å²) in [5.41, 5.74) is 0.867. The molecule has 28 heavy (non-hydrogen) atoms. The molecule has 2 aromatic rings. The highest BCUT2D eigenvalue weighted by molar-refractivity contribution is 5.78.